The Kier molecular flexibility index (Phi) is 2.01. The van der Waals surface area contributed by atoms with Crippen molar-refractivity contribution < 1.29 is 0 Å². The van der Waals surface area contributed by atoms with Gasteiger partial charge in [0.1, 0.15) is 0 Å². The van der Waals surface area contributed by atoms with E-state index in [1.165, 1.54) is 19.3 Å². The van der Waals surface area contributed by atoms with Gasteiger partial charge in [0.15, 0.2) is 0 Å². The fraction of sp³-hybridized carbons (Fsp3) is 0.800. The van der Waals surface area contributed by atoms with Gasteiger partial charge in [0, 0.05) is 5.92 Å². The molecule has 0 aliphatic heterocycles. The molecule has 0 bridgehead atoms. The van der Waals surface area contributed by atoms with E-state index in [0.29, 0.717) is 0 Å². The number of hydrogen-bond donors (Lipinski definition) is 1. The van der Waals surface area contributed by atoms with Gasteiger partial charge in [-0.25, -0.2) is 9.16 Å². The summed E-state index contributed by atoms with van der Waals surface area (Å²) in [6.45, 7) is 0. The molecule has 0 amide bonds. The Morgan fingerprint density at radius 3 is 1.91 bits per heavy atom. The third-order valence-electron chi connectivity index (χ3n) is 1.82. The summed E-state index contributed by atoms with van der Waals surface area (Å²) < 4.78 is 0. The molecule has 0 aromatic rings. The first-order valence-corrected chi connectivity index (χ1v) is 8.39. The lowest BCUT2D eigenvalue weighted by Crippen LogP contribution is -2.11. The molecule has 0 atom stereocenters. The van der Waals surface area contributed by atoms with Gasteiger partial charge in [0.25, 0.3) is 0 Å². The topological polar surface area (TPSA) is 0 Å². The zero-order chi connectivity index (χ0) is 8.56. The van der Waals surface area contributed by atoms with Gasteiger partial charge in [-0.15, -0.1) is 0 Å². The summed E-state index contributed by atoms with van der Waals surface area (Å²) in [6, 6.07) is 0. The first-order valence-electron chi connectivity index (χ1n) is 4.37. The fourth-order valence-corrected chi connectivity index (χ4v) is 1.60. The zero-order valence-corrected chi connectivity index (χ0v) is 9.04. The van der Waals surface area contributed by atoms with Crippen LogP contribution >= 0.6 is 9.16 Å². The highest BCUT2D eigenvalue weighted by molar-refractivity contribution is 8.51. The highest BCUT2D eigenvalue weighted by Gasteiger charge is 2.17. The molecule has 1 heteroatoms. The summed E-state index contributed by atoms with van der Waals surface area (Å²) in [5, 5.41) is 3.48. The summed E-state index contributed by atoms with van der Waals surface area (Å²) in [7, 11) is -1.52. The minimum Gasteiger partial charge on any atom is -0.243 e. The largest absolute Gasteiger partial charge is 0.243 e. The van der Waals surface area contributed by atoms with Crippen LogP contribution in [-0.4, -0.2) is 25.0 Å². The maximum atomic E-state index is 3.48. The minimum atomic E-state index is -1.52. The van der Waals surface area contributed by atoms with Crippen LogP contribution in [0.15, 0.2) is 0 Å². The zero-order valence-electron chi connectivity index (χ0n) is 8.15. The average Bonchev–Trinajstić information content (AvgIpc) is 1.54. The van der Waals surface area contributed by atoms with E-state index in [1.54, 1.807) is 0 Å². The van der Waals surface area contributed by atoms with Crippen molar-refractivity contribution in [2.45, 2.75) is 19.3 Å². The molecule has 0 spiro atoms. The predicted molar refractivity (Wildman–Crippen MR) is 57.8 cm³/mol. The van der Waals surface area contributed by atoms with Crippen molar-refractivity contribution in [1.82, 2.24) is 0 Å². The molecule has 1 fully saturated rings. The van der Waals surface area contributed by atoms with Gasteiger partial charge in [0.2, 0.25) is 0 Å². The fourth-order valence-electron chi connectivity index (χ4n) is 0.902. The Labute approximate surface area is 71.0 Å². The van der Waals surface area contributed by atoms with Crippen LogP contribution in [0.2, 0.25) is 0 Å². The van der Waals surface area contributed by atoms with E-state index in [4.69, 9.17) is 0 Å². The summed E-state index contributed by atoms with van der Waals surface area (Å²) in [5.41, 5.74) is 0. The van der Waals surface area contributed by atoms with E-state index < -0.39 is 9.16 Å². The van der Waals surface area contributed by atoms with Gasteiger partial charge in [-0.05, 0) is 37.9 Å². The molecule has 0 N–H and O–H groups in total. The predicted octanol–water partition coefficient (Wildman–Crippen LogP) is 2.34. The van der Waals surface area contributed by atoms with E-state index in [2.05, 4.69) is 36.2 Å². The molecule has 0 heterocycles. The third-order valence-corrected chi connectivity index (χ3v) is 2.84. The highest BCUT2D eigenvalue weighted by atomic mass is 32.3. The standard InChI is InChI=1S/C10H20S/c1-11(2,3,4)9-8-10-6-5-7-10/h10-11H,5-7H2,1-4H3. The van der Waals surface area contributed by atoms with Gasteiger partial charge in [-0.3, -0.25) is 0 Å². The average molecular weight is 172 g/mol. The third kappa shape index (κ3) is 3.72. The van der Waals surface area contributed by atoms with Crippen LogP contribution in [0.25, 0.3) is 0 Å². The molecule has 0 unspecified atom stereocenters. The van der Waals surface area contributed by atoms with Crippen LogP contribution in [0.5, 0.6) is 0 Å². The van der Waals surface area contributed by atoms with Crippen LogP contribution < -0.4 is 0 Å². The molecular formula is C10H20S. The Balaban J connectivity index is 2.55. The lowest BCUT2D eigenvalue weighted by Gasteiger charge is -2.41. The second-order valence-electron chi connectivity index (χ2n) is 5.46. The molecule has 0 aromatic carbocycles. The van der Waals surface area contributed by atoms with E-state index in [1.807, 2.05) is 0 Å². The lowest BCUT2D eigenvalue weighted by molar-refractivity contribution is 0.402. The summed E-state index contributed by atoms with van der Waals surface area (Å²) in [4.78, 5) is 0. The smallest absolute Gasteiger partial charge is 0.0210 e. The second kappa shape index (κ2) is 2.45. The Morgan fingerprint density at radius 2 is 1.64 bits per heavy atom. The maximum absolute atomic E-state index is 3.48. The van der Waals surface area contributed by atoms with Gasteiger partial charge in [0.05, 0.1) is 0 Å². The van der Waals surface area contributed by atoms with Gasteiger partial charge < -0.3 is 0 Å². The monoisotopic (exact) mass is 172 g/mol. The Hall–Kier alpha value is -0.0900. The van der Waals surface area contributed by atoms with E-state index in [9.17, 15) is 0 Å². The van der Waals surface area contributed by atoms with Crippen LogP contribution in [0.4, 0.5) is 0 Å². The van der Waals surface area contributed by atoms with Gasteiger partial charge in [-0.1, -0.05) is 17.6 Å². The number of rotatable bonds is 0. The molecule has 1 aliphatic rings. The SMILES string of the molecule is C[SH](C)(C)(C)C#CC1CCC1. The number of hydrogen-bond acceptors (Lipinski definition) is 0. The normalized spacial score (nSPS) is 22.4. The molecule has 0 nitrogen and oxygen atoms in total. The molecule has 0 radical (unpaired) electrons. The summed E-state index contributed by atoms with van der Waals surface area (Å²) >= 11 is 0. The molecular weight excluding hydrogens is 152 g/mol. The van der Waals surface area contributed by atoms with Gasteiger partial charge >= 0.3 is 0 Å². The van der Waals surface area contributed by atoms with Crippen molar-refractivity contribution in [2.75, 3.05) is 25.0 Å². The molecule has 11 heavy (non-hydrogen) atoms. The first kappa shape index (κ1) is 9.00. The highest BCUT2D eigenvalue weighted by Crippen LogP contribution is 2.54. The van der Waals surface area contributed by atoms with E-state index in [-0.39, 0.29) is 0 Å². The molecule has 1 rings (SSSR count). The lowest BCUT2D eigenvalue weighted by atomic mass is 9.86. The summed E-state index contributed by atoms with van der Waals surface area (Å²) in [6.07, 6.45) is 13.4. The molecule has 66 valence electrons. The molecule has 1 aliphatic carbocycles. The van der Waals surface area contributed by atoms with Crippen LogP contribution in [0, 0.1) is 17.1 Å². The van der Waals surface area contributed by atoms with Crippen molar-refractivity contribution >= 4 is 9.16 Å². The second-order valence-corrected chi connectivity index (χ2v) is 12.8. The number of thiol groups is 1. The molecule has 1 saturated carbocycles. The first-order chi connectivity index (χ1) is 4.83. The van der Waals surface area contributed by atoms with E-state index in [0.717, 1.165) is 5.92 Å². The minimum absolute atomic E-state index is 0.747. The molecule has 0 saturated heterocycles. The summed E-state index contributed by atoms with van der Waals surface area (Å²) in [5.74, 6) is 4.15. The van der Waals surface area contributed by atoms with Crippen molar-refractivity contribution in [3.63, 3.8) is 0 Å². The molecule has 0 aromatic heterocycles. The van der Waals surface area contributed by atoms with Crippen molar-refractivity contribution in [3.8, 4) is 11.2 Å². The van der Waals surface area contributed by atoms with Crippen molar-refractivity contribution in [2.24, 2.45) is 5.92 Å². The van der Waals surface area contributed by atoms with Crippen LogP contribution in [0.3, 0.4) is 0 Å². The van der Waals surface area contributed by atoms with Gasteiger partial charge in [-0.2, -0.15) is 0 Å². The van der Waals surface area contributed by atoms with Crippen molar-refractivity contribution in [3.05, 3.63) is 0 Å². The quantitative estimate of drug-likeness (QED) is 0.421. The van der Waals surface area contributed by atoms with E-state index >= 15 is 0 Å². The van der Waals surface area contributed by atoms with Crippen molar-refractivity contribution in [1.29, 1.82) is 0 Å². The van der Waals surface area contributed by atoms with Crippen LogP contribution in [0.1, 0.15) is 19.3 Å². The van der Waals surface area contributed by atoms with Crippen LogP contribution in [-0.2, 0) is 0 Å². The Bertz CT molecular complexity index is 195. The Morgan fingerprint density at radius 1 is 1.09 bits per heavy atom. The maximum Gasteiger partial charge on any atom is 0.0210 e.